The normalized spacial score (nSPS) is 19.5. The van der Waals surface area contributed by atoms with Gasteiger partial charge in [-0.1, -0.05) is 13.3 Å². The molecule has 0 amide bonds. The van der Waals surface area contributed by atoms with Gasteiger partial charge in [0.05, 0.1) is 23.8 Å². The van der Waals surface area contributed by atoms with Gasteiger partial charge >= 0.3 is 0 Å². The molecule has 1 unspecified atom stereocenters. The van der Waals surface area contributed by atoms with Gasteiger partial charge in [-0.15, -0.1) is 0 Å². The fourth-order valence-corrected chi connectivity index (χ4v) is 3.34. The molecule has 1 atom stereocenters. The van der Waals surface area contributed by atoms with Crippen LogP contribution < -0.4 is 10.6 Å². The smallest absolute Gasteiger partial charge is 0.0547 e. The van der Waals surface area contributed by atoms with Crippen molar-refractivity contribution in [2.45, 2.75) is 37.9 Å². The Morgan fingerprint density at radius 2 is 2.11 bits per heavy atom. The summed E-state index contributed by atoms with van der Waals surface area (Å²) < 4.78 is 0. The van der Waals surface area contributed by atoms with Crippen molar-refractivity contribution in [2.24, 2.45) is 0 Å². The Hall–Kier alpha value is -0.900. The van der Waals surface area contributed by atoms with Crippen LogP contribution in [0.25, 0.3) is 0 Å². The van der Waals surface area contributed by atoms with Crippen molar-refractivity contribution >= 4 is 23.1 Å². The number of nitrogens with zero attached hydrogens (tertiary/aromatic N) is 1. The minimum Gasteiger partial charge on any atom is -0.384 e. The van der Waals surface area contributed by atoms with Crippen LogP contribution in [0.5, 0.6) is 0 Å². The van der Waals surface area contributed by atoms with E-state index in [0.717, 1.165) is 36.1 Å². The second-order valence-electron chi connectivity index (χ2n) is 4.76. The molecular weight excluding hydrogens is 242 g/mol. The highest BCUT2D eigenvalue weighted by atomic mass is 32.2. The summed E-state index contributed by atoms with van der Waals surface area (Å²) in [4.78, 5) is 4.27. The van der Waals surface area contributed by atoms with Crippen LogP contribution in [-0.4, -0.2) is 29.1 Å². The van der Waals surface area contributed by atoms with Crippen molar-refractivity contribution in [1.82, 2.24) is 4.98 Å². The largest absolute Gasteiger partial charge is 0.384 e. The van der Waals surface area contributed by atoms with Gasteiger partial charge in [-0.3, -0.25) is 4.98 Å². The summed E-state index contributed by atoms with van der Waals surface area (Å²) in [6.07, 6.45) is 9.05. The number of nitrogens with one attached hydrogen (secondary N) is 2. The van der Waals surface area contributed by atoms with Crippen LogP contribution in [0, 0.1) is 0 Å². The molecule has 0 aliphatic carbocycles. The number of anilines is 2. The van der Waals surface area contributed by atoms with Gasteiger partial charge in [0, 0.05) is 18.3 Å². The molecule has 0 spiro atoms. The fourth-order valence-electron chi connectivity index (χ4n) is 2.10. The summed E-state index contributed by atoms with van der Waals surface area (Å²) in [6, 6.07) is 2.15. The van der Waals surface area contributed by atoms with Crippen molar-refractivity contribution in [3.05, 3.63) is 18.5 Å². The second kappa shape index (κ2) is 7.52. The molecule has 2 N–H and O–H groups in total. The zero-order chi connectivity index (χ0) is 12.6. The summed E-state index contributed by atoms with van der Waals surface area (Å²) in [5.41, 5.74) is 2.24. The van der Waals surface area contributed by atoms with Gasteiger partial charge in [-0.25, -0.2) is 0 Å². The summed E-state index contributed by atoms with van der Waals surface area (Å²) >= 11 is 2.10. The van der Waals surface area contributed by atoms with E-state index in [0.29, 0.717) is 0 Å². The van der Waals surface area contributed by atoms with Crippen LogP contribution in [0.1, 0.15) is 32.6 Å². The van der Waals surface area contributed by atoms with Crippen LogP contribution in [0.3, 0.4) is 0 Å². The van der Waals surface area contributed by atoms with Crippen LogP contribution in [0.15, 0.2) is 18.5 Å². The van der Waals surface area contributed by atoms with E-state index in [9.17, 15) is 0 Å². The fraction of sp³-hybridized carbons (Fsp3) is 0.643. The third-order valence-corrected chi connectivity index (χ3v) is 4.52. The van der Waals surface area contributed by atoms with Crippen LogP contribution >= 0.6 is 11.8 Å². The summed E-state index contributed by atoms with van der Waals surface area (Å²) in [7, 11) is 0. The summed E-state index contributed by atoms with van der Waals surface area (Å²) in [5, 5.41) is 7.64. The Morgan fingerprint density at radius 3 is 2.83 bits per heavy atom. The van der Waals surface area contributed by atoms with Gasteiger partial charge < -0.3 is 10.6 Å². The Morgan fingerprint density at radius 1 is 1.28 bits per heavy atom. The summed E-state index contributed by atoms with van der Waals surface area (Å²) in [5.74, 6) is 1.32. The topological polar surface area (TPSA) is 37.0 Å². The van der Waals surface area contributed by atoms with Crippen LogP contribution in [0.2, 0.25) is 0 Å². The average molecular weight is 265 g/mol. The van der Waals surface area contributed by atoms with Crippen molar-refractivity contribution in [1.29, 1.82) is 0 Å². The second-order valence-corrected chi connectivity index (χ2v) is 6.17. The molecule has 2 rings (SSSR count). The number of hydrogen-bond acceptors (Lipinski definition) is 4. The highest BCUT2D eigenvalue weighted by Gasteiger charge is 2.13. The average Bonchev–Trinajstić information content (AvgIpc) is 2.44. The SMILES string of the molecule is CCCNc1cncc(NCC2CCCCS2)c1. The van der Waals surface area contributed by atoms with Gasteiger partial charge in [0.1, 0.15) is 0 Å². The van der Waals surface area contributed by atoms with Crippen molar-refractivity contribution in [3.63, 3.8) is 0 Å². The molecule has 1 aromatic heterocycles. The van der Waals surface area contributed by atoms with E-state index >= 15 is 0 Å². The molecule has 1 aliphatic rings. The number of pyridine rings is 1. The van der Waals surface area contributed by atoms with E-state index in [-0.39, 0.29) is 0 Å². The van der Waals surface area contributed by atoms with Crippen molar-refractivity contribution < 1.29 is 0 Å². The Balaban J connectivity index is 1.80. The lowest BCUT2D eigenvalue weighted by Gasteiger charge is -2.22. The van der Waals surface area contributed by atoms with Crippen molar-refractivity contribution in [3.8, 4) is 0 Å². The quantitative estimate of drug-likeness (QED) is 0.824. The van der Waals surface area contributed by atoms with Gasteiger partial charge in [0.15, 0.2) is 0 Å². The molecule has 0 radical (unpaired) electrons. The maximum Gasteiger partial charge on any atom is 0.0547 e. The predicted molar refractivity (Wildman–Crippen MR) is 81.6 cm³/mol. The molecule has 18 heavy (non-hydrogen) atoms. The molecule has 100 valence electrons. The first-order valence-electron chi connectivity index (χ1n) is 6.93. The molecule has 0 saturated carbocycles. The lowest BCUT2D eigenvalue weighted by Crippen LogP contribution is -2.20. The van der Waals surface area contributed by atoms with Crippen LogP contribution in [-0.2, 0) is 0 Å². The molecule has 1 saturated heterocycles. The highest BCUT2D eigenvalue weighted by molar-refractivity contribution is 7.99. The van der Waals surface area contributed by atoms with E-state index in [1.165, 1.54) is 25.0 Å². The molecule has 1 aliphatic heterocycles. The first-order chi connectivity index (χ1) is 8.88. The zero-order valence-electron chi connectivity index (χ0n) is 11.1. The monoisotopic (exact) mass is 265 g/mol. The molecule has 1 aromatic rings. The first-order valence-corrected chi connectivity index (χ1v) is 7.97. The molecule has 0 aromatic carbocycles. The molecular formula is C14H23N3S. The standard InChI is InChI=1S/C14H23N3S/c1-2-6-16-12-8-13(10-15-9-12)17-11-14-5-3-4-7-18-14/h8-10,14,16-17H,2-7,11H2,1H3. The first kappa shape index (κ1) is 13.5. The third-order valence-electron chi connectivity index (χ3n) is 3.13. The molecule has 4 heteroatoms. The van der Waals surface area contributed by atoms with Gasteiger partial charge in [-0.2, -0.15) is 11.8 Å². The lowest BCUT2D eigenvalue weighted by molar-refractivity contribution is 0.677. The number of thioether (sulfide) groups is 1. The lowest BCUT2D eigenvalue weighted by atomic mass is 10.2. The molecule has 0 bridgehead atoms. The minimum absolute atomic E-state index is 0.769. The highest BCUT2D eigenvalue weighted by Crippen LogP contribution is 2.25. The number of aromatic nitrogens is 1. The van der Waals surface area contributed by atoms with Gasteiger partial charge in [-0.05, 0) is 31.1 Å². The minimum atomic E-state index is 0.769. The van der Waals surface area contributed by atoms with Gasteiger partial charge in [0.2, 0.25) is 0 Å². The Labute approximate surface area is 114 Å². The van der Waals surface area contributed by atoms with E-state index in [1.54, 1.807) is 0 Å². The molecule has 2 heterocycles. The van der Waals surface area contributed by atoms with E-state index < -0.39 is 0 Å². The van der Waals surface area contributed by atoms with E-state index in [1.807, 2.05) is 12.4 Å². The number of hydrogen-bond donors (Lipinski definition) is 2. The van der Waals surface area contributed by atoms with E-state index in [4.69, 9.17) is 0 Å². The molecule has 1 fully saturated rings. The maximum atomic E-state index is 4.27. The maximum absolute atomic E-state index is 4.27. The summed E-state index contributed by atoms with van der Waals surface area (Å²) in [6.45, 7) is 4.23. The van der Waals surface area contributed by atoms with E-state index in [2.05, 4.69) is 40.4 Å². The van der Waals surface area contributed by atoms with Gasteiger partial charge in [0.25, 0.3) is 0 Å². The zero-order valence-corrected chi connectivity index (χ0v) is 11.9. The number of rotatable bonds is 6. The predicted octanol–water partition coefficient (Wildman–Crippen LogP) is 3.60. The van der Waals surface area contributed by atoms with Crippen molar-refractivity contribution in [2.75, 3.05) is 29.5 Å². The Bertz CT molecular complexity index is 351. The third kappa shape index (κ3) is 4.41. The van der Waals surface area contributed by atoms with Crippen LogP contribution in [0.4, 0.5) is 11.4 Å². The molecule has 3 nitrogen and oxygen atoms in total. The Kier molecular flexibility index (Phi) is 5.65.